The number of hydrogen-bond donors (Lipinski definition) is 0. The summed E-state index contributed by atoms with van der Waals surface area (Å²) in [6.45, 7) is 15.7. The van der Waals surface area contributed by atoms with Crippen LogP contribution in [0.25, 0.3) is 17.2 Å². The van der Waals surface area contributed by atoms with E-state index in [0.29, 0.717) is 5.92 Å². The lowest BCUT2D eigenvalue weighted by Crippen LogP contribution is -2.14. The molecule has 0 saturated heterocycles. The summed E-state index contributed by atoms with van der Waals surface area (Å²) in [7, 11) is 1.81. The minimum atomic E-state index is 0.0302. The van der Waals surface area contributed by atoms with Gasteiger partial charge in [-0.1, -0.05) is 75.6 Å². The maximum atomic E-state index is 6.03. The SMILES string of the molecule is COc1c(C(C)(C)C)cc2c(c1-c1cc(C)cc(C)c1)CC(C(C)C)=C2. The van der Waals surface area contributed by atoms with Crippen LogP contribution in [0.4, 0.5) is 0 Å². The van der Waals surface area contributed by atoms with Crippen LogP contribution in [0.2, 0.25) is 0 Å². The largest absolute Gasteiger partial charge is 0.496 e. The van der Waals surface area contributed by atoms with Crippen molar-refractivity contribution in [3.8, 4) is 16.9 Å². The van der Waals surface area contributed by atoms with Crippen molar-refractivity contribution < 1.29 is 4.74 Å². The Hall–Kier alpha value is -2.02. The van der Waals surface area contributed by atoms with E-state index < -0.39 is 0 Å². The molecule has 0 spiro atoms. The van der Waals surface area contributed by atoms with Crippen molar-refractivity contribution in [2.75, 3.05) is 7.11 Å². The lowest BCUT2D eigenvalue weighted by molar-refractivity contribution is 0.399. The molecule has 0 bridgehead atoms. The average molecular weight is 349 g/mol. The molecule has 1 aliphatic carbocycles. The van der Waals surface area contributed by atoms with Crippen LogP contribution >= 0.6 is 0 Å². The van der Waals surface area contributed by atoms with E-state index in [1.807, 2.05) is 7.11 Å². The smallest absolute Gasteiger partial charge is 0.130 e. The normalized spacial score (nSPS) is 13.8. The van der Waals surface area contributed by atoms with Crippen LogP contribution in [0.15, 0.2) is 29.8 Å². The molecule has 0 amide bonds. The van der Waals surface area contributed by atoms with Gasteiger partial charge in [0.15, 0.2) is 0 Å². The van der Waals surface area contributed by atoms with Crippen molar-refractivity contribution in [2.24, 2.45) is 5.92 Å². The summed E-state index contributed by atoms with van der Waals surface area (Å²) >= 11 is 0. The molecule has 0 unspecified atom stereocenters. The van der Waals surface area contributed by atoms with E-state index in [1.54, 1.807) is 0 Å². The van der Waals surface area contributed by atoms with Crippen LogP contribution in [0.5, 0.6) is 5.75 Å². The van der Waals surface area contributed by atoms with Gasteiger partial charge in [-0.05, 0) is 54.4 Å². The molecule has 1 heteroatoms. The summed E-state index contributed by atoms with van der Waals surface area (Å²) in [5.74, 6) is 1.61. The predicted octanol–water partition coefficient (Wildman–Crippen LogP) is 6.87. The fraction of sp³-hybridized carbons (Fsp3) is 0.440. The van der Waals surface area contributed by atoms with Crippen LogP contribution in [0.1, 0.15) is 62.4 Å². The van der Waals surface area contributed by atoms with Gasteiger partial charge in [-0.25, -0.2) is 0 Å². The highest BCUT2D eigenvalue weighted by Gasteiger charge is 2.29. The quantitative estimate of drug-likeness (QED) is 0.588. The maximum absolute atomic E-state index is 6.03. The first-order chi connectivity index (χ1) is 12.1. The second-order valence-corrected chi connectivity index (χ2v) is 9.08. The van der Waals surface area contributed by atoms with Gasteiger partial charge in [-0.3, -0.25) is 0 Å². The monoisotopic (exact) mass is 348 g/mol. The van der Waals surface area contributed by atoms with Crippen LogP contribution in [0.3, 0.4) is 0 Å². The molecular weight excluding hydrogens is 316 g/mol. The summed E-state index contributed by atoms with van der Waals surface area (Å²) in [4.78, 5) is 0. The first-order valence-corrected chi connectivity index (χ1v) is 9.65. The van der Waals surface area contributed by atoms with Gasteiger partial charge < -0.3 is 4.74 Å². The van der Waals surface area contributed by atoms with Gasteiger partial charge in [0.05, 0.1) is 7.11 Å². The van der Waals surface area contributed by atoms with Crippen molar-refractivity contribution in [3.05, 3.63) is 57.7 Å². The fourth-order valence-corrected chi connectivity index (χ4v) is 4.06. The molecule has 1 nitrogen and oxygen atoms in total. The average Bonchev–Trinajstić information content (AvgIpc) is 2.95. The number of fused-ring (bicyclic) bond motifs is 1. The van der Waals surface area contributed by atoms with Crippen molar-refractivity contribution >= 4 is 6.08 Å². The van der Waals surface area contributed by atoms with Gasteiger partial charge in [0.25, 0.3) is 0 Å². The predicted molar refractivity (Wildman–Crippen MR) is 113 cm³/mol. The number of benzene rings is 2. The standard InChI is InChI=1S/C25H32O/c1-15(2)18-12-19-14-22(25(5,6)7)24(26-8)23(21(19)13-18)20-10-16(3)9-17(4)11-20/h9-12,14-15H,13H2,1-8H3. The van der Waals surface area contributed by atoms with E-state index in [0.717, 1.165) is 12.2 Å². The van der Waals surface area contributed by atoms with Gasteiger partial charge in [0.1, 0.15) is 5.75 Å². The lowest BCUT2D eigenvalue weighted by Gasteiger charge is -2.26. The Balaban J connectivity index is 2.35. The molecule has 0 aromatic heterocycles. The highest BCUT2D eigenvalue weighted by Crippen LogP contribution is 2.47. The molecule has 3 rings (SSSR count). The Morgan fingerprint density at radius 2 is 1.58 bits per heavy atom. The van der Waals surface area contributed by atoms with Crippen molar-refractivity contribution in [3.63, 3.8) is 0 Å². The van der Waals surface area contributed by atoms with Crippen LogP contribution in [0, 0.1) is 19.8 Å². The third kappa shape index (κ3) is 3.32. The molecule has 0 radical (unpaired) electrons. The number of rotatable bonds is 3. The van der Waals surface area contributed by atoms with E-state index >= 15 is 0 Å². The molecule has 0 N–H and O–H groups in total. The van der Waals surface area contributed by atoms with E-state index in [-0.39, 0.29) is 5.41 Å². The number of aryl methyl sites for hydroxylation is 2. The molecule has 2 aromatic carbocycles. The molecule has 2 aromatic rings. The minimum absolute atomic E-state index is 0.0302. The van der Waals surface area contributed by atoms with Crippen LogP contribution in [-0.2, 0) is 11.8 Å². The maximum Gasteiger partial charge on any atom is 0.130 e. The highest BCUT2D eigenvalue weighted by atomic mass is 16.5. The van der Waals surface area contributed by atoms with Crippen molar-refractivity contribution in [2.45, 2.75) is 60.3 Å². The van der Waals surface area contributed by atoms with Crippen LogP contribution < -0.4 is 4.74 Å². The number of allylic oxidation sites excluding steroid dienone is 1. The van der Waals surface area contributed by atoms with Gasteiger partial charge in [0, 0.05) is 11.1 Å². The van der Waals surface area contributed by atoms with Gasteiger partial charge >= 0.3 is 0 Å². The summed E-state index contributed by atoms with van der Waals surface area (Å²) in [5.41, 5.74) is 10.8. The Morgan fingerprint density at radius 3 is 2.08 bits per heavy atom. The van der Waals surface area contributed by atoms with Gasteiger partial charge in [-0.2, -0.15) is 0 Å². The molecule has 0 aliphatic heterocycles. The molecule has 26 heavy (non-hydrogen) atoms. The Labute approximate surface area is 159 Å². The summed E-state index contributed by atoms with van der Waals surface area (Å²) in [6, 6.07) is 9.19. The van der Waals surface area contributed by atoms with E-state index in [2.05, 4.69) is 78.8 Å². The molecule has 0 fully saturated rings. The zero-order chi connectivity index (χ0) is 19.2. The topological polar surface area (TPSA) is 9.23 Å². The van der Waals surface area contributed by atoms with Crippen molar-refractivity contribution in [1.82, 2.24) is 0 Å². The Kier molecular flexibility index (Phi) is 4.77. The van der Waals surface area contributed by atoms with E-state index in [1.165, 1.54) is 44.5 Å². The third-order valence-corrected chi connectivity index (χ3v) is 5.41. The zero-order valence-electron chi connectivity index (χ0n) is 17.6. The minimum Gasteiger partial charge on any atom is -0.496 e. The lowest BCUT2D eigenvalue weighted by atomic mass is 9.81. The fourth-order valence-electron chi connectivity index (χ4n) is 4.06. The second-order valence-electron chi connectivity index (χ2n) is 9.08. The number of ether oxygens (including phenoxy) is 1. The Morgan fingerprint density at radius 1 is 0.962 bits per heavy atom. The van der Waals surface area contributed by atoms with Crippen LogP contribution in [-0.4, -0.2) is 7.11 Å². The zero-order valence-corrected chi connectivity index (χ0v) is 17.6. The number of methoxy groups -OCH3 is 1. The number of hydrogen-bond acceptors (Lipinski definition) is 1. The second kappa shape index (κ2) is 6.61. The summed E-state index contributed by atoms with van der Waals surface area (Å²) in [5, 5.41) is 0. The van der Waals surface area contributed by atoms with E-state index in [4.69, 9.17) is 4.74 Å². The summed E-state index contributed by atoms with van der Waals surface area (Å²) in [6.07, 6.45) is 3.43. The molecular formula is C25H32O. The first-order valence-electron chi connectivity index (χ1n) is 9.65. The molecule has 138 valence electrons. The molecule has 0 heterocycles. The molecule has 0 saturated carbocycles. The first kappa shape index (κ1) is 18.8. The summed E-state index contributed by atoms with van der Waals surface area (Å²) < 4.78 is 6.03. The highest BCUT2D eigenvalue weighted by molar-refractivity contribution is 5.84. The van der Waals surface area contributed by atoms with Gasteiger partial charge in [-0.15, -0.1) is 0 Å². The third-order valence-electron chi connectivity index (χ3n) is 5.41. The molecule has 1 aliphatic rings. The van der Waals surface area contributed by atoms with E-state index in [9.17, 15) is 0 Å². The van der Waals surface area contributed by atoms with Crippen molar-refractivity contribution in [1.29, 1.82) is 0 Å². The molecule has 0 atom stereocenters. The Bertz CT molecular complexity index is 856. The van der Waals surface area contributed by atoms with Gasteiger partial charge in [0.2, 0.25) is 0 Å².